The minimum atomic E-state index is 0.205. The number of amides is 1. The van der Waals surface area contributed by atoms with E-state index in [4.69, 9.17) is 4.74 Å². The molecule has 4 rings (SSSR count). The Morgan fingerprint density at radius 3 is 2.78 bits per heavy atom. The maximum atomic E-state index is 12.8. The smallest absolute Gasteiger partial charge is 0.227 e. The first-order valence-corrected chi connectivity index (χ1v) is 9.62. The van der Waals surface area contributed by atoms with Gasteiger partial charge in [0.1, 0.15) is 5.75 Å². The fourth-order valence-electron chi connectivity index (χ4n) is 3.98. The molecule has 2 aromatic carbocycles. The van der Waals surface area contributed by atoms with Crippen LogP contribution in [0.15, 0.2) is 48.5 Å². The molecular formula is C23H26N2O2. The molecule has 1 fully saturated rings. The molecule has 1 aromatic heterocycles. The first-order valence-electron chi connectivity index (χ1n) is 9.62. The highest BCUT2D eigenvalue weighted by atomic mass is 16.5. The number of ether oxygens (including phenoxy) is 1. The number of hydrogen-bond acceptors (Lipinski definition) is 2. The summed E-state index contributed by atoms with van der Waals surface area (Å²) in [5, 5.41) is 1.26. The third kappa shape index (κ3) is 3.85. The number of nitrogens with one attached hydrogen (secondary N) is 1. The normalized spacial score (nSPS) is 17.3. The van der Waals surface area contributed by atoms with Crippen molar-refractivity contribution in [1.29, 1.82) is 0 Å². The summed E-state index contributed by atoms with van der Waals surface area (Å²) >= 11 is 0. The molecule has 0 aliphatic carbocycles. The van der Waals surface area contributed by atoms with Crippen molar-refractivity contribution in [2.75, 3.05) is 20.2 Å². The van der Waals surface area contributed by atoms with Gasteiger partial charge in [-0.2, -0.15) is 0 Å². The number of carbonyl (C=O) groups is 1. The van der Waals surface area contributed by atoms with Gasteiger partial charge in [0.05, 0.1) is 13.5 Å². The number of fused-ring (bicyclic) bond motifs is 1. The lowest BCUT2D eigenvalue weighted by molar-refractivity contribution is -0.131. The quantitative estimate of drug-likeness (QED) is 0.746. The van der Waals surface area contributed by atoms with E-state index in [0.717, 1.165) is 37.2 Å². The molecule has 1 aliphatic rings. The van der Waals surface area contributed by atoms with Crippen LogP contribution in [0.2, 0.25) is 0 Å². The number of aromatic nitrogens is 1. The lowest BCUT2D eigenvalue weighted by Gasteiger charge is -2.32. The molecule has 1 amide bonds. The summed E-state index contributed by atoms with van der Waals surface area (Å²) in [5.74, 6) is 1.40. The van der Waals surface area contributed by atoms with Crippen LogP contribution in [0.5, 0.6) is 5.75 Å². The van der Waals surface area contributed by atoms with Crippen LogP contribution in [0.25, 0.3) is 10.9 Å². The zero-order valence-corrected chi connectivity index (χ0v) is 16.0. The summed E-state index contributed by atoms with van der Waals surface area (Å²) < 4.78 is 5.19. The van der Waals surface area contributed by atoms with Gasteiger partial charge in [-0.1, -0.05) is 23.8 Å². The molecule has 0 bridgehead atoms. The van der Waals surface area contributed by atoms with Crippen LogP contribution in [0.4, 0.5) is 0 Å². The Hall–Kier alpha value is -2.75. The largest absolute Gasteiger partial charge is 0.497 e. The summed E-state index contributed by atoms with van der Waals surface area (Å²) in [4.78, 5) is 18.4. The van der Waals surface area contributed by atoms with Gasteiger partial charge in [-0.05, 0) is 61.0 Å². The van der Waals surface area contributed by atoms with E-state index in [2.05, 4.69) is 36.2 Å². The van der Waals surface area contributed by atoms with Crippen molar-refractivity contribution in [3.05, 3.63) is 65.4 Å². The Labute approximate surface area is 160 Å². The molecule has 2 heterocycles. The summed E-state index contributed by atoms with van der Waals surface area (Å²) in [6, 6.07) is 16.5. The summed E-state index contributed by atoms with van der Waals surface area (Å²) in [6.45, 7) is 3.76. The molecule has 1 atom stereocenters. The van der Waals surface area contributed by atoms with Crippen molar-refractivity contribution in [2.24, 2.45) is 0 Å². The molecule has 1 aliphatic heterocycles. The average molecular weight is 362 g/mol. The van der Waals surface area contributed by atoms with E-state index >= 15 is 0 Å². The number of hydrogen-bond donors (Lipinski definition) is 1. The van der Waals surface area contributed by atoms with E-state index in [1.54, 1.807) is 7.11 Å². The highest BCUT2D eigenvalue weighted by molar-refractivity contribution is 5.81. The number of aryl methyl sites for hydroxylation is 1. The highest BCUT2D eigenvalue weighted by Gasteiger charge is 2.25. The second-order valence-corrected chi connectivity index (χ2v) is 7.52. The first kappa shape index (κ1) is 17.7. The number of methoxy groups -OCH3 is 1. The molecule has 1 N–H and O–H groups in total. The number of likely N-dealkylation sites (tertiary alicyclic amines) is 1. The van der Waals surface area contributed by atoms with Crippen molar-refractivity contribution < 1.29 is 9.53 Å². The number of carbonyl (C=O) groups excluding carboxylic acids is 1. The second kappa shape index (κ2) is 7.47. The van der Waals surface area contributed by atoms with Crippen molar-refractivity contribution in [2.45, 2.75) is 32.1 Å². The van der Waals surface area contributed by atoms with Gasteiger partial charge in [0, 0.05) is 30.2 Å². The van der Waals surface area contributed by atoms with Gasteiger partial charge in [-0.15, -0.1) is 0 Å². The standard InChI is InChI=1S/C23H26N2O2/c1-16-5-10-21-19(12-16)14-22(24-21)18-4-3-11-25(15-18)23(26)13-17-6-8-20(27-2)9-7-17/h5-10,12,14,18,24H,3-4,11,13,15H2,1-2H3. The molecule has 1 saturated heterocycles. The monoisotopic (exact) mass is 362 g/mol. The number of nitrogens with zero attached hydrogens (tertiary/aromatic N) is 1. The number of rotatable bonds is 4. The van der Waals surface area contributed by atoms with E-state index in [1.165, 1.54) is 22.2 Å². The Morgan fingerprint density at radius 2 is 2.00 bits per heavy atom. The zero-order chi connectivity index (χ0) is 18.8. The molecule has 0 radical (unpaired) electrons. The third-order valence-corrected chi connectivity index (χ3v) is 5.53. The lowest BCUT2D eigenvalue weighted by Crippen LogP contribution is -2.40. The van der Waals surface area contributed by atoms with Gasteiger partial charge < -0.3 is 14.6 Å². The Kier molecular flexibility index (Phi) is 4.88. The van der Waals surface area contributed by atoms with Crippen molar-refractivity contribution in [1.82, 2.24) is 9.88 Å². The molecule has 4 heteroatoms. The van der Waals surface area contributed by atoms with Crippen LogP contribution >= 0.6 is 0 Å². The molecule has 0 saturated carbocycles. The minimum Gasteiger partial charge on any atom is -0.497 e. The van der Waals surface area contributed by atoms with Crippen LogP contribution < -0.4 is 4.74 Å². The predicted octanol–water partition coefficient (Wildman–Crippen LogP) is 4.43. The van der Waals surface area contributed by atoms with Crippen molar-refractivity contribution in [3.8, 4) is 5.75 Å². The average Bonchev–Trinajstić information content (AvgIpc) is 3.12. The molecule has 4 nitrogen and oxygen atoms in total. The molecular weight excluding hydrogens is 336 g/mol. The van der Waals surface area contributed by atoms with E-state index in [9.17, 15) is 4.79 Å². The van der Waals surface area contributed by atoms with Crippen LogP contribution in [0.1, 0.15) is 35.6 Å². The zero-order valence-electron chi connectivity index (χ0n) is 16.0. The van der Waals surface area contributed by atoms with Crippen molar-refractivity contribution in [3.63, 3.8) is 0 Å². The molecule has 3 aromatic rings. The fraction of sp³-hybridized carbons (Fsp3) is 0.348. The van der Waals surface area contributed by atoms with Crippen LogP contribution in [0.3, 0.4) is 0 Å². The van der Waals surface area contributed by atoms with Crippen LogP contribution in [-0.2, 0) is 11.2 Å². The van der Waals surface area contributed by atoms with Gasteiger partial charge in [0.15, 0.2) is 0 Å². The van der Waals surface area contributed by atoms with Gasteiger partial charge in [0.25, 0.3) is 0 Å². The Balaban J connectivity index is 1.45. The Bertz CT molecular complexity index is 943. The van der Waals surface area contributed by atoms with Gasteiger partial charge >= 0.3 is 0 Å². The fourth-order valence-corrected chi connectivity index (χ4v) is 3.98. The van der Waals surface area contributed by atoms with Crippen LogP contribution in [0, 0.1) is 6.92 Å². The second-order valence-electron chi connectivity index (χ2n) is 7.52. The van der Waals surface area contributed by atoms with Gasteiger partial charge in [-0.3, -0.25) is 4.79 Å². The Morgan fingerprint density at radius 1 is 1.19 bits per heavy atom. The minimum absolute atomic E-state index is 0.205. The van der Waals surface area contributed by atoms with Crippen LogP contribution in [-0.4, -0.2) is 36.0 Å². The number of aromatic amines is 1. The molecule has 1 unspecified atom stereocenters. The first-order chi connectivity index (χ1) is 13.1. The molecule has 140 valence electrons. The van der Waals surface area contributed by atoms with E-state index < -0.39 is 0 Å². The molecule has 0 spiro atoms. The number of benzene rings is 2. The molecule has 27 heavy (non-hydrogen) atoms. The number of piperidine rings is 1. The predicted molar refractivity (Wildman–Crippen MR) is 108 cm³/mol. The lowest BCUT2D eigenvalue weighted by atomic mass is 9.94. The van der Waals surface area contributed by atoms with E-state index in [0.29, 0.717) is 12.3 Å². The maximum absolute atomic E-state index is 12.8. The van der Waals surface area contributed by atoms with Gasteiger partial charge in [0.2, 0.25) is 5.91 Å². The van der Waals surface area contributed by atoms with Crippen molar-refractivity contribution >= 4 is 16.8 Å². The highest BCUT2D eigenvalue weighted by Crippen LogP contribution is 2.29. The maximum Gasteiger partial charge on any atom is 0.227 e. The van der Waals surface area contributed by atoms with E-state index in [1.807, 2.05) is 29.2 Å². The van der Waals surface area contributed by atoms with Gasteiger partial charge in [-0.25, -0.2) is 0 Å². The van der Waals surface area contributed by atoms with E-state index in [-0.39, 0.29) is 5.91 Å². The SMILES string of the molecule is COc1ccc(CC(=O)N2CCCC(c3cc4cc(C)ccc4[nH]3)C2)cc1. The topological polar surface area (TPSA) is 45.3 Å². The third-order valence-electron chi connectivity index (χ3n) is 5.53. The summed E-state index contributed by atoms with van der Waals surface area (Å²) in [5.41, 5.74) is 4.73. The summed E-state index contributed by atoms with van der Waals surface area (Å²) in [6.07, 6.45) is 2.62. The summed E-state index contributed by atoms with van der Waals surface area (Å²) in [7, 11) is 1.65. The number of H-pyrrole nitrogens is 1.